The molecule has 0 heterocycles. The number of hydrogen-bond donors (Lipinski definition) is 2. The second-order valence-corrected chi connectivity index (χ2v) is 3.48. The highest BCUT2D eigenvalue weighted by molar-refractivity contribution is 5.89. The molecule has 5 heteroatoms. The number of likely N-dealkylation sites (N-methyl/N-ethyl adjacent to an activating group) is 1. The third kappa shape index (κ3) is 3.74. The van der Waals surface area contributed by atoms with Crippen molar-refractivity contribution < 1.29 is 9.59 Å². The van der Waals surface area contributed by atoms with Crippen LogP contribution in [0.5, 0.6) is 0 Å². The van der Waals surface area contributed by atoms with Gasteiger partial charge in [0.15, 0.2) is 0 Å². The number of hydrogen-bond acceptors (Lipinski definition) is 3. The zero-order valence-electron chi connectivity index (χ0n) is 9.20. The topological polar surface area (TPSA) is 75.4 Å². The van der Waals surface area contributed by atoms with Gasteiger partial charge in [-0.1, -0.05) is 6.92 Å². The summed E-state index contributed by atoms with van der Waals surface area (Å²) in [6, 6.07) is -1.05. The molecule has 0 spiro atoms. The van der Waals surface area contributed by atoms with Gasteiger partial charge in [0.2, 0.25) is 11.8 Å². The van der Waals surface area contributed by atoms with E-state index in [4.69, 9.17) is 5.73 Å². The highest BCUT2D eigenvalue weighted by Crippen LogP contribution is 1.92. The van der Waals surface area contributed by atoms with E-state index in [1.807, 2.05) is 6.92 Å². The van der Waals surface area contributed by atoms with E-state index in [0.717, 1.165) is 0 Å². The summed E-state index contributed by atoms with van der Waals surface area (Å²) in [6.45, 7) is 3.46. The van der Waals surface area contributed by atoms with Crippen molar-refractivity contribution in [3.8, 4) is 0 Å². The molecule has 2 atom stereocenters. The first-order valence-electron chi connectivity index (χ1n) is 4.67. The summed E-state index contributed by atoms with van der Waals surface area (Å²) in [5.41, 5.74) is 5.50. The van der Waals surface area contributed by atoms with Crippen LogP contribution >= 0.6 is 0 Å². The fourth-order valence-corrected chi connectivity index (χ4v) is 0.955. The van der Waals surface area contributed by atoms with E-state index in [9.17, 15) is 9.59 Å². The minimum Gasteiger partial charge on any atom is -0.347 e. The molecule has 0 aromatic heterocycles. The van der Waals surface area contributed by atoms with Crippen LogP contribution in [-0.2, 0) is 9.59 Å². The maximum Gasteiger partial charge on any atom is 0.244 e. The van der Waals surface area contributed by atoms with Gasteiger partial charge in [-0.15, -0.1) is 0 Å². The Bertz CT molecular complexity index is 216. The van der Waals surface area contributed by atoms with E-state index in [-0.39, 0.29) is 11.8 Å². The SMILES string of the molecule is CC[C@H](N)C(=O)NC(C)C(=O)N(C)C. The van der Waals surface area contributed by atoms with E-state index in [1.165, 1.54) is 4.90 Å². The van der Waals surface area contributed by atoms with Crippen LogP contribution in [0.2, 0.25) is 0 Å². The molecule has 0 saturated heterocycles. The van der Waals surface area contributed by atoms with Gasteiger partial charge in [0.05, 0.1) is 6.04 Å². The van der Waals surface area contributed by atoms with E-state index < -0.39 is 12.1 Å². The van der Waals surface area contributed by atoms with Crippen LogP contribution in [0.4, 0.5) is 0 Å². The summed E-state index contributed by atoms with van der Waals surface area (Å²) < 4.78 is 0. The van der Waals surface area contributed by atoms with E-state index in [0.29, 0.717) is 6.42 Å². The lowest BCUT2D eigenvalue weighted by Gasteiger charge is -2.19. The molecule has 0 fully saturated rings. The fourth-order valence-electron chi connectivity index (χ4n) is 0.955. The Labute approximate surface area is 84.6 Å². The summed E-state index contributed by atoms with van der Waals surface area (Å²) in [4.78, 5) is 24.1. The summed E-state index contributed by atoms with van der Waals surface area (Å²) in [5.74, 6) is -0.420. The predicted octanol–water partition coefficient (Wildman–Crippen LogP) is -0.683. The zero-order valence-corrected chi connectivity index (χ0v) is 9.20. The summed E-state index contributed by atoms with van der Waals surface area (Å²) in [5, 5.41) is 2.56. The van der Waals surface area contributed by atoms with Crippen molar-refractivity contribution in [3.05, 3.63) is 0 Å². The number of nitrogens with zero attached hydrogens (tertiary/aromatic N) is 1. The molecule has 3 N–H and O–H groups in total. The molecular weight excluding hydrogens is 182 g/mol. The Hall–Kier alpha value is -1.10. The van der Waals surface area contributed by atoms with Crippen LogP contribution in [0.1, 0.15) is 20.3 Å². The zero-order chi connectivity index (χ0) is 11.3. The van der Waals surface area contributed by atoms with Crippen molar-refractivity contribution in [1.29, 1.82) is 0 Å². The molecular formula is C9H19N3O2. The lowest BCUT2D eigenvalue weighted by Crippen LogP contribution is -2.49. The molecule has 0 rings (SSSR count). The molecule has 0 aliphatic carbocycles. The van der Waals surface area contributed by atoms with Gasteiger partial charge in [-0.2, -0.15) is 0 Å². The van der Waals surface area contributed by atoms with Crippen LogP contribution in [0.25, 0.3) is 0 Å². The molecule has 0 aliphatic rings. The number of nitrogens with one attached hydrogen (secondary N) is 1. The second kappa shape index (κ2) is 5.59. The average Bonchev–Trinajstić information content (AvgIpc) is 2.14. The van der Waals surface area contributed by atoms with Gasteiger partial charge in [-0.25, -0.2) is 0 Å². The van der Waals surface area contributed by atoms with Crippen LogP contribution < -0.4 is 11.1 Å². The minimum absolute atomic E-state index is 0.137. The van der Waals surface area contributed by atoms with Gasteiger partial charge < -0.3 is 16.0 Å². The van der Waals surface area contributed by atoms with Crippen LogP contribution in [0.15, 0.2) is 0 Å². The Kier molecular flexibility index (Phi) is 5.15. The minimum atomic E-state index is -0.535. The van der Waals surface area contributed by atoms with E-state index in [1.54, 1.807) is 21.0 Å². The second-order valence-electron chi connectivity index (χ2n) is 3.48. The Morgan fingerprint density at radius 2 is 1.93 bits per heavy atom. The quantitative estimate of drug-likeness (QED) is 0.632. The molecule has 14 heavy (non-hydrogen) atoms. The molecule has 2 amide bonds. The van der Waals surface area contributed by atoms with Crippen molar-refractivity contribution in [2.75, 3.05) is 14.1 Å². The number of nitrogens with two attached hydrogens (primary N) is 1. The fraction of sp³-hybridized carbons (Fsp3) is 0.778. The maximum atomic E-state index is 11.4. The normalized spacial score (nSPS) is 14.4. The molecule has 0 radical (unpaired) electrons. The largest absolute Gasteiger partial charge is 0.347 e. The molecule has 0 aliphatic heterocycles. The third-order valence-electron chi connectivity index (χ3n) is 1.95. The Morgan fingerprint density at radius 3 is 2.29 bits per heavy atom. The maximum absolute atomic E-state index is 11.4. The molecule has 0 aromatic carbocycles. The molecule has 0 aromatic rings. The lowest BCUT2D eigenvalue weighted by atomic mass is 10.2. The summed E-state index contributed by atoms with van der Waals surface area (Å²) in [7, 11) is 3.29. The van der Waals surface area contributed by atoms with Gasteiger partial charge in [-0.05, 0) is 13.3 Å². The van der Waals surface area contributed by atoms with Crippen molar-refractivity contribution in [2.45, 2.75) is 32.4 Å². The van der Waals surface area contributed by atoms with E-state index in [2.05, 4.69) is 5.32 Å². The van der Waals surface area contributed by atoms with Crippen LogP contribution in [0.3, 0.4) is 0 Å². The van der Waals surface area contributed by atoms with Crippen LogP contribution in [0, 0.1) is 0 Å². The van der Waals surface area contributed by atoms with Crippen molar-refractivity contribution >= 4 is 11.8 Å². The van der Waals surface area contributed by atoms with Crippen molar-refractivity contribution in [1.82, 2.24) is 10.2 Å². The van der Waals surface area contributed by atoms with Gasteiger partial charge in [-0.3, -0.25) is 9.59 Å². The highest BCUT2D eigenvalue weighted by Gasteiger charge is 2.19. The van der Waals surface area contributed by atoms with Gasteiger partial charge >= 0.3 is 0 Å². The van der Waals surface area contributed by atoms with Gasteiger partial charge in [0, 0.05) is 14.1 Å². The number of carbonyl (C=O) groups excluding carboxylic acids is 2. The predicted molar refractivity (Wildman–Crippen MR) is 54.6 cm³/mol. The Morgan fingerprint density at radius 1 is 1.43 bits per heavy atom. The molecule has 5 nitrogen and oxygen atoms in total. The average molecular weight is 201 g/mol. The first kappa shape index (κ1) is 12.9. The molecule has 82 valence electrons. The van der Waals surface area contributed by atoms with E-state index >= 15 is 0 Å². The first-order valence-corrected chi connectivity index (χ1v) is 4.67. The van der Waals surface area contributed by atoms with Gasteiger partial charge in [0.1, 0.15) is 6.04 Å². The number of amides is 2. The third-order valence-corrected chi connectivity index (χ3v) is 1.95. The number of rotatable bonds is 4. The smallest absolute Gasteiger partial charge is 0.244 e. The standard InChI is InChI=1S/C9H19N3O2/c1-5-7(10)8(13)11-6(2)9(14)12(3)4/h6-7H,5,10H2,1-4H3,(H,11,13)/t6?,7-/m0/s1. The first-order chi connectivity index (χ1) is 6.40. The molecule has 0 saturated carbocycles. The monoisotopic (exact) mass is 201 g/mol. The molecule has 1 unspecified atom stereocenters. The lowest BCUT2D eigenvalue weighted by molar-refractivity contribution is -0.134. The van der Waals surface area contributed by atoms with Gasteiger partial charge in [0.25, 0.3) is 0 Å². The van der Waals surface area contributed by atoms with Crippen molar-refractivity contribution in [3.63, 3.8) is 0 Å². The Balaban J connectivity index is 4.12. The summed E-state index contributed by atoms with van der Waals surface area (Å²) >= 11 is 0. The van der Waals surface area contributed by atoms with Crippen LogP contribution in [-0.4, -0.2) is 42.9 Å². The highest BCUT2D eigenvalue weighted by atomic mass is 16.2. The number of carbonyl (C=O) groups is 2. The summed E-state index contributed by atoms with van der Waals surface area (Å²) in [6.07, 6.45) is 0.564. The van der Waals surface area contributed by atoms with Crippen molar-refractivity contribution in [2.24, 2.45) is 5.73 Å². The molecule has 0 bridgehead atoms.